The zero-order valence-electron chi connectivity index (χ0n) is 18.5. The zero-order valence-corrected chi connectivity index (χ0v) is 18.5. The molecular weight excluding hydrogens is 402 g/mol. The second kappa shape index (κ2) is 8.73. The maximum atomic E-state index is 13.6. The van der Waals surface area contributed by atoms with Gasteiger partial charge in [0.2, 0.25) is 5.91 Å². The van der Waals surface area contributed by atoms with E-state index in [0.717, 1.165) is 61.1 Å². The molecule has 2 aliphatic rings. The Balaban J connectivity index is 1.41. The van der Waals surface area contributed by atoms with Gasteiger partial charge < -0.3 is 9.80 Å². The molecule has 3 aromatic rings. The summed E-state index contributed by atoms with van der Waals surface area (Å²) >= 11 is 0. The molecule has 0 unspecified atom stereocenters. The SMILES string of the molecule is CCn1ncc2c(C(=O)N3CCC(C(=O)N4CCCC4)CC3)cc(-c3ccccc3)nc21. The molecule has 2 aromatic heterocycles. The number of aryl methyl sites for hydroxylation is 1. The molecule has 0 spiro atoms. The monoisotopic (exact) mass is 431 g/mol. The number of hydrogen-bond acceptors (Lipinski definition) is 4. The average Bonchev–Trinajstić information content (AvgIpc) is 3.53. The molecule has 0 atom stereocenters. The Bertz CT molecular complexity index is 1130. The number of hydrogen-bond donors (Lipinski definition) is 0. The van der Waals surface area contributed by atoms with Crippen LogP contribution in [0.3, 0.4) is 0 Å². The summed E-state index contributed by atoms with van der Waals surface area (Å²) in [7, 11) is 0. The van der Waals surface area contributed by atoms with Crippen LogP contribution in [-0.4, -0.2) is 62.6 Å². The fourth-order valence-electron chi connectivity index (χ4n) is 4.91. The van der Waals surface area contributed by atoms with Crippen molar-refractivity contribution in [2.75, 3.05) is 26.2 Å². The number of amides is 2. The van der Waals surface area contributed by atoms with Gasteiger partial charge in [-0.15, -0.1) is 0 Å². The van der Waals surface area contributed by atoms with Gasteiger partial charge in [0.15, 0.2) is 5.65 Å². The Hall–Kier alpha value is -3.22. The molecule has 2 amide bonds. The third-order valence-corrected chi connectivity index (χ3v) is 6.76. The summed E-state index contributed by atoms with van der Waals surface area (Å²) in [4.78, 5) is 35.1. The topological polar surface area (TPSA) is 71.3 Å². The number of benzene rings is 1. The molecule has 2 fully saturated rings. The first-order valence-corrected chi connectivity index (χ1v) is 11.7. The van der Waals surface area contributed by atoms with Gasteiger partial charge in [0.05, 0.1) is 22.8 Å². The molecule has 0 radical (unpaired) electrons. The van der Waals surface area contributed by atoms with Gasteiger partial charge in [0.25, 0.3) is 5.91 Å². The third kappa shape index (κ3) is 3.76. The number of nitrogens with zero attached hydrogens (tertiary/aromatic N) is 5. The van der Waals surface area contributed by atoms with Gasteiger partial charge in [-0.25, -0.2) is 9.67 Å². The zero-order chi connectivity index (χ0) is 22.1. The molecule has 2 saturated heterocycles. The van der Waals surface area contributed by atoms with Crippen LogP contribution in [0.5, 0.6) is 0 Å². The smallest absolute Gasteiger partial charge is 0.254 e. The summed E-state index contributed by atoms with van der Waals surface area (Å²) in [5.41, 5.74) is 3.12. The summed E-state index contributed by atoms with van der Waals surface area (Å²) in [6.45, 7) is 5.69. The van der Waals surface area contributed by atoms with Crippen LogP contribution in [0.4, 0.5) is 0 Å². The van der Waals surface area contributed by atoms with Gasteiger partial charge >= 0.3 is 0 Å². The van der Waals surface area contributed by atoms with Crippen molar-refractivity contribution in [3.05, 3.63) is 48.2 Å². The molecule has 7 nitrogen and oxygen atoms in total. The Morgan fingerprint density at radius 3 is 2.41 bits per heavy atom. The van der Waals surface area contributed by atoms with Crippen molar-refractivity contribution in [1.82, 2.24) is 24.6 Å². The molecule has 5 rings (SSSR count). The molecule has 0 N–H and O–H groups in total. The summed E-state index contributed by atoms with van der Waals surface area (Å²) < 4.78 is 1.83. The molecule has 166 valence electrons. The number of carbonyl (C=O) groups is 2. The highest BCUT2D eigenvalue weighted by Gasteiger charge is 2.32. The second-order valence-corrected chi connectivity index (χ2v) is 8.72. The summed E-state index contributed by atoms with van der Waals surface area (Å²) in [5.74, 6) is 0.311. The fourth-order valence-corrected chi connectivity index (χ4v) is 4.91. The van der Waals surface area contributed by atoms with E-state index in [2.05, 4.69) is 5.10 Å². The molecule has 0 bridgehead atoms. The predicted molar refractivity (Wildman–Crippen MR) is 123 cm³/mol. The van der Waals surface area contributed by atoms with E-state index in [1.807, 2.05) is 57.8 Å². The second-order valence-electron chi connectivity index (χ2n) is 8.72. The first-order chi connectivity index (χ1) is 15.7. The van der Waals surface area contributed by atoms with E-state index in [1.54, 1.807) is 6.20 Å². The minimum absolute atomic E-state index is 0.00249. The number of piperidine rings is 1. The van der Waals surface area contributed by atoms with Gasteiger partial charge in [0.1, 0.15) is 0 Å². The molecule has 4 heterocycles. The molecule has 7 heteroatoms. The number of aromatic nitrogens is 3. The molecule has 0 aliphatic carbocycles. The minimum atomic E-state index is -0.00249. The van der Waals surface area contributed by atoms with Crippen LogP contribution >= 0.6 is 0 Å². The Morgan fingerprint density at radius 1 is 1.00 bits per heavy atom. The number of rotatable bonds is 4. The summed E-state index contributed by atoms with van der Waals surface area (Å²) in [6, 6.07) is 11.8. The standard InChI is InChI=1S/C25H29N5O2/c1-2-30-23-21(17-26-30)20(16-22(27-23)18-8-4-3-5-9-18)25(32)29-14-10-19(11-15-29)24(31)28-12-6-7-13-28/h3-5,8-9,16-17,19H,2,6-7,10-15H2,1H3. The minimum Gasteiger partial charge on any atom is -0.342 e. The molecule has 2 aliphatic heterocycles. The number of carbonyl (C=O) groups excluding carboxylic acids is 2. The maximum Gasteiger partial charge on any atom is 0.254 e. The number of likely N-dealkylation sites (tertiary alicyclic amines) is 2. The molecule has 0 saturated carbocycles. The van der Waals surface area contributed by atoms with Crippen molar-refractivity contribution < 1.29 is 9.59 Å². The van der Waals surface area contributed by atoms with Crippen LogP contribution in [0.25, 0.3) is 22.3 Å². The first kappa shape index (κ1) is 20.7. The van der Waals surface area contributed by atoms with Crippen LogP contribution in [0.15, 0.2) is 42.6 Å². The normalized spacial score (nSPS) is 17.3. The Kier molecular flexibility index (Phi) is 5.64. The van der Waals surface area contributed by atoms with E-state index in [9.17, 15) is 9.59 Å². The van der Waals surface area contributed by atoms with Crippen molar-refractivity contribution in [1.29, 1.82) is 0 Å². The summed E-state index contributed by atoms with van der Waals surface area (Å²) in [5, 5.41) is 5.23. The van der Waals surface area contributed by atoms with Gasteiger partial charge in [-0.1, -0.05) is 30.3 Å². The highest BCUT2D eigenvalue weighted by molar-refractivity contribution is 6.06. The van der Waals surface area contributed by atoms with Crippen molar-refractivity contribution in [3.63, 3.8) is 0 Å². The lowest BCUT2D eigenvalue weighted by Gasteiger charge is -2.33. The first-order valence-electron chi connectivity index (χ1n) is 11.7. The van der Waals surface area contributed by atoms with Crippen molar-refractivity contribution in [2.45, 2.75) is 39.2 Å². The Morgan fingerprint density at radius 2 is 1.72 bits per heavy atom. The van der Waals surface area contributed by atoms with Crippen molar-refractivity contribution >= 4 is 22.8 Å². The van der Waals surface area contributed by atoms with E-state index < -0.39 is 0 Å². The average molecular weight is 432 g/mol. The molecule has 32 heavy (non-hydrogen) atoms. The fraction of sp³-hybridized carbons (Fsp3) is 0.440. The third-order valence-electron chi connectivity index (χ3n) is 6.76. The molecular formula is C25H29N5O2. The van der Waals surface area contributed by atoms with E-state index in [-0.39, 0.29) is 17.7 Å². The van der Waals surface area contributed by atoms with Crippen LogP contribution < -0.4 is 0 Å². The van der Waals surface area contributed by atoms with Crippen molar-refractivity contribution in [2.24, 2.45) is 5.92 Å². The van der Waals surface area contributed by atoms with Gasteiger partial charge in [-0.3, -0.25) is 9.59 Å². The number of pyridine rings is 1. The summed E-state index contributed by atoms with van der Waals surface area (Å²) in [6.07, 6.45) is 5.42. The van der Waals surface area contributed by atoms with E-state index in [1.165, 1.54) is 0 Å². The van der Waals surface area contributed by atoms with Crippen LogP contribution in [0.2, 0.25) is 0 Å². The maximum absolute atomic E-state index is 13.6. The lowest BCUT2D eigenvalue weighted by molar-refractivity contribution is -0.135. The predicted octanol–water partition coefficient (Wildman–Crippen LogP) is 3.59. The van der Waals surface area contributed by atoms with E-state index in [4.69, 9.17) is 4.98 Å². The van der Waals surface area contributed by atoms with Crippen molar-refractivity contribution in [3.8, 4) is 11.3 Å². The lowest BCUT2D eigenvalue weighted by Crippen LogP contribution is -2.43. The van der Waals surface area contributed by atoms with Gasteiger partial charge in [0, 0.05) is 44.2 Å². The van der Waals surface area contributed by atoms with E-state index >= 15 is 0 Å². The van der Waals surface area contributed by atoms with Gasteiger partial charge in [-0.05, 0) is 38.7 Å². The van der Waals surface area contributed by atoms with E-state index in [0.29, 0.717) is 25.2 Å². The van der Waals surface area contributed by atoms with Gasteiger partial charge in [-0.2, -0.15) is 5.10 Å². The Labute approximate surface area is 188 Å². The van der Waals surface area contributed by atoms with Crippen LogP contribution in [0, 0.1) is 5.92 Å². The van der Waals surface area contributed by atoms with Crippen LogP contribution in [-0.2, 0) is 11.3 Å². The van der Waals surface area contributed by atoms with Crippen LogP contribution in [0.1, 0.15) is 43.0 Å². The number of fused-ring (bicyclic) bond motifs is 1. The highest BCUT2D eigenvalue weighted by Crippen LogP contribution is 2.28. The highest BCUT2D eigenvalue weighted by atomic mass is 16.2. The lowest BCUT2D eigenvalue weighted by atomic mass is 9.94. The quantitative estimate of drug-likeness (QED) is 0.633. The largest absolute Gasteiger partial charge is 0.342 e. The molecule has 1 aromatic carbocycles.